The van der Waals surface area contributed by atoms with Crippen molar-refractivity contribution in [2.75, 3.05) is 13.1 Å². The summed E-state index contributed by atoms with van der Waals surface area (Å²) in [5.41, 5.74) is 2.01. The molecule has 0 bridgehead atoms. The average molecular weight is 116 g/mol. The highest BCUT2D eigenvalue weighted by Gasteiger charge is 1.74. The molecule has 3 heteroatoms. The first kappa shape index (κ1) is 7.59. The highest BCUT2D eigenvalue weighted by molar-refractivity contribution is 5.56. The molecule has 2 N–H and O–H groups in total. The molecule has 0 heterocycles. The predicted molar refractivity (Wildman–Crippen MR) is 33.4 cm³/mol. The van der Waals surface area contributed by atoms with Crippen LogP contribution >= 0.6 is 0 Å². The molecule has 0 saturated heterocycles. The van der Waals surface area contributed by atoms with E-state index in [4.69, 9.17) is 5.21 Å². The van der Waals surface area contributed by atoms with Crippen LogP contribution in [0.15, 0.2) is 4.99 Å². The maximum atomic E-state index is 8.04. The van der Waals surface area contributed by atoms with Crippen molar-refractivity contribution >= 4 is 6.21 Å². The van der Waals surface area contributed by atoms with Gasteiger partial charge in [-0.1, -0.05) is 6.92 Å². The molecule has 0 aliphatic heterocycles. The molecule has 0 radical (unpaired) electrons. The Bertz CT molecular complexity index is 63.4. The SMILES string of the molecule is CCC=NCCNO. The van der Waals surface area contributed by atoms with Crippen LogP contribution in [-0.2, 0) is 0 Å². The van der Waals surface area contributed by atoms with Crippen LogP contribution in [0.3, 0.4) is 0 Å². The van der Waals surface area contributed by atoms with E-state index >= 15 is 0 Å². The van der Waals surface area contributed by atoms with Gasteiger partial charge in [-0.25, -0.2) is 5.48 Å². The van der Waals surface area contributed by atoms with Crippen molar-refractivity contribution in [2.24, 2.45) is 4.99 Å². The summed E-state index contributed by atoms with van der Waals surface area (Å²) in [6.07, 6.45) is 2.79. The Kier molecular flexibility index (Phi) is 6.25. The van der Waals surface area contributed by atoms with Gasteiger partial charge < -0.3 is 5.21 Å². The van der Waals surface area contributed by atoms with E-state index in [0.717, 1.165) is 6.42 Å². The van der Waals surface area contributed by atoms with Crippen LogP contribution in [0.5, 0.6) is 0 Å². The van der Waals surface area contributed by atoms with Gasteiger partial charge >= 0.3 is 0 Å². The van der Waals surface area contributed by atoms with E-state index in [1.807, 2.05) is 18.6 Å². The fourth-order valence-corrected chi connectivity index (χ4v) is 0.335. The van der Waals surface area contributed by atoms with Crippen LogP contribution in [0.25, 0.3) is 0 Å². The average Bonchev–Trinajstić information content (AvgIpc) is 1.81. The molecule has 0 aliphatic carbocycles. The fourth-order valence-electron chi connectivity index (χ4n) is 0.335. The molecular weight excluding hydrogens is 104 g/mol. The summed E-state index contributed by atoms with van der Waals surface area (Å²) in [4.78, 5) is 3.93. The fraction of sp³-hybridized carbons (Fsp3) is 0.800. The van der Waals surface area contributed by atoms with Crippen molar-refractivity contribution in [3.05, 3.63) is 0 Å². The molecular formula is C5H12N2O. The van der Waals surface area contributed by atoms with Crippen LogP contribution in [0.1, 0.15) is 13.3 Å². The summed E-state index contributed by atoms with van der Waals surface area (Å²) in [5, 5.41) is 8.04. The third-order valence-electron chi connectivity index (χ3n) is 0.664. The van der Waals surface area contributed by atoms with Gasteiger partial charge in [-0.2, -0.15) is 0 Å². The molecule has 0 fully saturated rings. The summed E-state index contributed by atoms with van der Waals surface area (Å²) in [7, 11) is 0. The number of rotatable bonds is 4. The molecule has 48 valence electrons. The highest BCUT2D eigenvalue weighted by Crippen LogP contribution is 1.68. The predicted octanol–water partition coefficient (Wildman–Crippen LogP) is 0.446. The minimum absolute atomic E-state index is 0.538. The van der Waals surface area contributed by atoms with E-state index in [1.165, 1.54) is 0 Å². The quantitative estimate of drug-likeness (QED) is 0.318. The van der Waals surface area contributed by atoms with Gasteiger partial charge in [0.2, 0.25) is 0 Å². The van der Waals surface area contributed by atoms with Crippen molar-refractivity contribution in [3.8, 4) is 0 Å². The molecule has 3 nitrogen and oxygen atoms in total. The Hall–Kier alpha value is -0.410. The summed E-state index contributed by atoms with van der Waals surface area (Å²) < 4.78 is 0. The molecule has 0 spiro atoms. The molecule has 0 unspecified atom stereocenters. The summed E-state index contributed by atoms with van der Waals surface area (Å²) in [6.45, 7) is 3.22. The van der Waals surface area contributed by atoms with Gasteiger partial charge in [0.15, 0.2) is 0 Å². The van der Waals surface area contributed by atoms with Crippen molar-refractivity contribution in [2.45, 2.75) is 13.3 Å². The van der Waals surface area contributed by atoms with Crippen molar-refractivity contribution < 1.29 is 5.21 Å². The largest absolute Gasteiger partial charge is 0.317 e. The Morgan fingerprint density at radius 2 is 2.50 bits per heavy atom. The van der Waals surface area contributed by atoms with Crippen molar-refractivity contribution in [1.82, 2.24) is 5.48 Å². The highest BCUT2D eigenvalue weighted by atomic mass is 16.5. The van der Waals surface area contributed by atoms with Gasteiger partial charge in [0.25, 0.3) is 0 Å². The normalized spacial score (nSPS) is 10.8. The lowest BCUT2D eigenvalue weighted by molar-refractivity contribution is 0.170. The summed E-state index contributed by atoms with van der Waals surface area (Å²) >= 11 is 0. The zero-order valence-electron chi connectivity index (χ0n) is 5.09. The minimum Gasteiger partial charge on any atom is -0.317 e. The zero-order valence-corrected chi connectivity index (χ0v) is 5.09. The van der Waals surface area contributed by atoms with E-state index < -0.39 is 0 Å². The number of hydrogen-bond acceptors (Lipinski definition) is 3. The molecule has 0 rings (SSSR count). The first-order valence-electron chi connectivity index (χ1n) is 2.77. The van der Waals surface area contributed by atoms with Crippen molar-refractivity contribution in [3.63, 3.8) is 0 Å². The lowest BCUT2D eigenvalue weighted by atomic mass is 10.5. The van der Waals surface area contributed by atoms with E-state index in [0.29, 0.717) is 13.1 Å². The van der Waals surface area contributed by atoms with E-state index in [9.17, 15) is 0 Å². The first-order chi connectivity index (χ1) is 3.91. The number of nitrogens with zero attached hydrogens (tertiary/aromatic N) is 1. The van der Waals surface area contributed by atoms with Gasteiger partial charge in [-0.3, -0.25) is 4.99 Å². The van der Waals surface area contributed by atoms with E-state index in [-0.39, 0.29) is 0 Å². The second-order valence-electron chi connectivity index (χ2n) is 1.41. The number of hydroxylamine groups is 1. The molecule has 0 amide bonds. The van der Waals surface area contributed by atoms with Crippen molar-refractivity contribution in [1.29, 1.82) is 0 Å². The van der Waals surface area contributed by atoms with E-state index in [2.05, 4.69) is 4.99 Å². The Balaban J connectivity index is 2.80. The molecule has 0 aromatic heterocycles. The maximum absolute atomic E-state index is 8.04. The van der Waals surface area contributed by atoms with Crippen LogP contribution in [0.2, 0.25) is 0 Å². The van der Waals surface area contributed by atoms with E-state index in [1.54, 1.807) is 0 Å². The molecule has 0 aromatic rings. The maximum Gasteiger partial charge on any atom is 0.0533 e. The van der Waals surface area contributed by atoms with Crippen LogP contribution < -0.4 is 5.48 Å². The standard InChI is InChI=1S/C5H12N2O/c1-2-3-6-4-5-7-8/h3,7-8H,2,4-5H2,1H3. The monoisotopic (exact) mass is 116 g/mol. The Morgan fingerprint density at radius 3 is 3.00 bits per heavy atom. The minimum atomic E-state index is 0.538. The topological polar surface area (TPSA) is 44.6 Å². The van der Waals surface area contributed by atoms with Crippen LogP contribution in [0, 0.1) is 0 Å². The smallest absolute Gasteiger partial charge is 0.0533 e. The van der Waals surface area contributed by atoms with Gasteiger partial charge in [-0.15, -0.1) is 0 Å². The number of aliphatic imine (C=N–C) groups is 1. The molecule has 0 aromatic carbocycles. The van der Waals surface area contributed by atoms with Gasteiger partial charge in [0.05, 0.1) is 6.54 Å². The lowest BCUT2D eigenvalue weighted by Gasteiger charge is -1.88. The second kappa shape index (κ2) is 6.59. The van der Waals surface area contributed by atoms with Gasteiger partial charge in [0.1, 0.15) is 0 Å². The Morgan fingerprint density at radius 1 is 1.75 bits per heavy atom. The molecule has 0 aliphatic rings. The molecule has 8 heavy (non-hydrogen) atoms. The van der Waals surface area contributed by atoms with Crippen LogP contribution in [0.4, 0.5) is 0 Å². The van der Waals surface area contributed by atoms with Gasteiger partial charge in [0, 0.05) is 6.54 Å². The lowest BCUT2D eigenvalue weighted by Crippen LogP contribution is -2.11. The van der Waals surface area contributed by atoms with Crippen LogP contribution in [-0.4, -0.2) is 24.5 Å². The summed E-state index contributed by atoms with van der Waals surface area (Å²) in [5.74, 6) is 0. The third kappa shape index (κ3) is 5.59. The number of nitrogens with one attached hydrogen (secondary N) is 1. The Labute approximate surface area is 49.4 Å². The zero-order chi connectivity index (χ0) is 6.24. The molecule has 0 atom stereocenters. The summed E-state index contributed by atoms with van der Waals surface area (Å²) in [6, 6.07) is 0. The molecule has 0 saturated carbocycles. The van der Waals surface area contributed by atoms with Gasteiger partial charge in [-0.05, 0) is 12.6 Å². The third-order valence-corrected chi connectivity index (χ3v) is 0.664. The second-order valence-corrected chi connectivity index (χ2v) is 1.41. The first-order valence-corrected chi connectivity index (χ1v) is 2.77. The number of hydrogen-bond donors (Lipinski definition) is 2.